The van der Waals surface area contributed by atoms with Gasteiger partial charge in [-0.05, 0) is 74.8 Å². The number of amides is 1. The van der Waals surface area contributed by atoms with Crippen LogP contribution in [0, 0.1) is 17.8 Å². The molecular weight excluding hydrogens is 476 g/mol. The summed E-state index contributed by atoms with van der Waals surface area (Å²) in [5.74, 6) is 0.338. The van der Waals surface area contributed by atoms with Crippen molar-refractivity contribution < 1.29 is 19.2 Å². The summed E-state index contributed by atoms with van der Waals surface area (Å²) in [6, 6.07) is 3.86. The Morgan fingerprint density at radius 2 is 1.82 bits per heavy atom. The number of hydrogen-bond acceptors (Lipinski definition) is 4. The van der Waals surface area contributed by atoms with Crippen LogP contribution in [0.3, 0.4) is 0 Å². The van der Waals surface area contributed by atoms with Crippen molar-refractivity contribution in [2.45, 2.75) is 117 Å². The molecule has 1 aromatic carbocycles. The third kappa shape index (κ3) is 4.87. The Kier molecular flexibility index (Phi) is 6.90. The topological polar surface area (TPSA) is 76.5 Å². The van der Waals surface area contributed by atoms with E-state index in [4.69, 9.17) is 0 Å². The maximum atomic E-state index is 13.9. The maximum absolute atomic E-state index is 13.9. The van der Waals surface area contributed by atoms with Crippen LogP contribution in [0.15, 0.2) is 18.3 Å². The first-order valence-corrected chi connectivity index (χ1v) is 14.4. The molecule has 2 fully saturated rings. The number of aromatic nitrogens is 1. The van der Waals surface area contributed by atoms with E-state index in [-0.39, 0.29) is 40.9 Å². The van der Waals surface area contributed by atoms with Gasteiger partial charge in [-0.3, -0.25) is 19.2 Å². The third-order valence-corrected chi connectivity index (χ3v) is 9.43. The molecule has 1 amide bonds. The molecule has 5 rings (SSSR count). The van der Waals surface area contributed by atoms with Crippen LogP contribution < -0.4 is 0 Å². The molecule has 204 valence electrons. The summed E-state index contributed by atoms with van der Waals surface area (Å²) >= 11 is 0. The number of ketones is 3. The molecule has 1 aliphatic carbocycles. The summed E-state index contributed by atoms with van der Waals surface area (Å²) < 4.78 is 1.96. The Labute approximate surface area is 226 Å². The molecule has 3 heterocycles. The van der Waals surface area contributed by atoms with Gasteiger partial charge in [-0.1, -0.05) is 38.8 Å². The normalized spacial score (nSPS) is 27.8. The van der Waals surface area contributed by atoms with Gasteiger partial charge in [0.25, 0.3) is 0 Å². The predicted molar refractivity (Wildman–Crippen MR) is 148 cm³/mol. The van der Waals surface area contributed by atoms with E-state index in [0.29, 0.717) is 37.0 Å². The fraction of sp³-hybridized carbons (Fsp3) is 0.625. The zero-order valence-electron chi connectivity index (χ0n) is 23.7. The van der Waals surface area contributed by atoms with E-state index in [1.807, 2.05) is 22.6 Å². The van der Waals surface area contributed by atoms with Crippen molar-refractivity contribution in [1.29, 1.82) is 0 Å². The number of carbonyl (C=O) groups excluding carboxylic acids is 4. The summed E-state index contributed by atoms with van der Waals surface area (Å²) in [6.07, 6.45) is 9.49. The highest BCUT2D eigenvalue weighted by Crippen LogP contribution is 2.62. The fourth-order valence-electron chi connectivity index (χ4n) is 7.39. The van der Waals surface area contributed by atoms with Gasteiger partial charge in [-0.2, -0.15) is 0 Å². The average Bonchev–Trinajstić information content (AvgIpc) is 3.26. The summed E-state index contributed by atoms with van der Waals surface area (Å²) in [4.78, 5) is 54.4. The number of aryl methyl sites for hydroxylation is 2. The van der Waals surface area contributed by atoms with E-state index in [1.165, 1.54) is 0 Å². The van der Waals surface area contributed by atoms with Gasteiger partial charge in [-0.15, -0.1) is 0 Å². The lowest BCUT2D eigenvalue weighted by Crippen LogP contribution is -2.44. The molecule has 0 unspecified atom stereocenters. The van der Waals surface area contributed by atoms with E-state index in [1.54, 1.807) is 6.92 Å². The Bertz CT molecular complexity index is 1320. The lowest BCUT2D eigenvalue weighted by Gasteiger charge is -2.27. The maximum Gasteiger partial charge on any atom is 0.243 e. The first-order valence-electron chi connectivity index (χ1n) is 14.4. The Morgan fingerprint density at radius 3 is 2.53 bits per heavy atom. The summed E-state index contributed by atoms with van der Waals surface area (Å²) in [6.45, 7) is 10.00. The zero-order valence-corrected chi connectivity index (χ0v) is 23.7. The molecule has 6 nitrogen and oxygen atoms in total. The number of piperidine rings is 1. The molecule has 2 bridgehead atoms. The molecule has 38 heavy (non-hydrogen) atoms. The van der Waals surface area contributed by atoms with Crippen molar-refractivity contribution in [3.05, 3.63) is 35.0 Å². The molecule has 0 radical (unpaired) electrons. The molecule has 6 heteroatoms. The van der Waals surface area contributed by atoms with Crippen molar-refractivity contribution in [2.75, 3.05) is 0 Å². The molecule has 2 aliphatic heterocycles. The second-order valence-corrected chi connectivity index (χ2v) is 13.1. The minimum Gasteiger partial charge on any atom is -0.337 e. The molecule has 0 spiro atoms. The first kappa shape index (κ1) is 26.8. The van der Waals surface area contributed by atoms with Crippen molar-refractivity contribution in [1.82, 2.24) is 9.47 Å². The van der Waals surface area contributed by atoms with Gasteiger partial charge < -0.3 is 9.47 Å². The third-order valence-electron chi connectivity index (χ3n) is 9.43. The number of nitrogens with zero attached hydrogens (tertiary/aromatic N) is 2. The van der Waals surface area contributed by atoms with Crippen LogP contribution in [0.25, 0.3) is 10.9 Å². The predicted octanol–water partition coefficient (Wildman–Crippen LogP) is 5.98. The van der Waals surface area contributed by atoms with E-state index in [9.17, 15) is 19.2 Å². The number of rotatable bonds is 3. The Hall–Kier alpha value is -2.76. The van der Waals surface area contributed by atoms with Crippen LogP contribution >= 0.6 is 0 Å². The average molecular weight is 519 g/mol. The highest BCUT2D eigenvalue weighted by molar-refractivity contribution is 6.08. The van der Waals surface area contributed by atoms with E-state index < -0.39 is 6.04 Å². The molecule has 2 aromatic rings. The van der Waals surface area contributed by atoms with Crippen LogP contribution in [0.4, 0.5) is 0 Å². The van der Waals surface area contributed by atoms with Crippen LogP contribution in [0.1, 0.15) is 107 Å². The molecule has 1 saturated carbocycles. The van der Waals surface area contributed by atoms with Crippen molar-refractivity contribution >= 4 is 34.2 Å². The van der Waals surface area contributed by atoms with Gasteiger partial charge in [0.2, 0.25) is 5.91 Å². The molecule has 1 aromatic heterocycles. The van der Waals surface area contributed by atoms with Crippen LogP contribution in [-0.4, -0.2) is 44.8 Å². The van der Waals surface area contributed by atoms with Crippen LogP contribution in [0.5, 0.6) is 0 Å². The Balaban J connectivity index is 1.57. The van der Waals surface area contributed by atoms with Gasteiger partial charge in [0, 0.05) is 42.5 Å². The number of benzene rings is 1. The van der Waals surface area contributed by atoms with E-state index in [0.717, 1.165) is 60.6 Å². The van der Waals surface area contributed by atoms with Crippen molar-refractivity contribution in [3.8, 4) is 0 Å². The minimum absolute atomic E-state index is 0.00673. The number of Topliss-reactive ketones (excluding diaryl/α,β-unsaturated/α-hetero) is 3. The monoisotopic (exact) mass is 518 g/mol. The quantitative estimate of drug-likeness (QED) is 0.468. The highest BCUT2D eigenvalue weighted by atomic mass is 16.2. The second-order valence-electron chi connectivity index (χ2n) is 13.1. The van der Waals surface area contributed by atoms with Crippen LogP contribution in [-0.2, 0) is 27.3 Å². The van der Waals surface area contributed by atoms with E-state index >= 15 is 0 Å². The molecule has 1 saturated heterocycles. The Morgan fingerprint density at radius 1 is 1.05 bits per heavy atom. The highest BCUT2D eigenvalue weighted by Gasteiger charge is 2.66. The van der Waals surface area contributed by atoms with Gasteiger partial charge in [0.15, 0.2) is 11.6 Å². The SMILES string of the molecule is CCC(=O)[C@@H]1C[C@]23CCC(=O)CC(C)(C)CCCCc4cc(C)cc5c(C(C)=O)cn(c45)CC(=O)N1[C@@H]2C3. The molecular formula is C32H42N2O4. The van der Waals surface area contributed by atoms with Gasteiger partial charge >= 0.3 is 0 Å². The van der Waals surface area contributed by atoms with E-state index in [2.05, 4.69) is 32.9 Å². The molecule has 3 atom stereocenters. The first-order chi connectivity index (χ1) is 17.9. The minimum atomic E-state index is -0.410. The number of carbonyl (C=O) groups is 4. The second kappa shape index (κ2) is 9.77. The largest absolute Gasteiger partial charge is 0.337 e. The molecule has 0 N–H and O–H groups in total. The summed E-state index contributed by atoms with van der Waals surface area (Å²) in [5.41, 5.74) is 3.72. The molecule has 3 aliphatic rings. The van der Waals surface area contributed by atoms with Gasteiger partial charge in [0.1, 0.15) is 12.3 Å². The lowest BCUT2D eigenvalue weighted by atomic mass is 9.80. The lowest BCUT2D eigenvalue weighted by molar-refractivity contribution is -0.139. The fourth-order valence-corrected chi connectivity index (χ4v) is 7.39. The van der Waals surface area contributed by atoms with Gasteiger partial charge in [0.05, 0.1) is 11.6 Å². The van der Waals surface area contributed by atoms with Crippen molar-refractivity contribution in [2.24, 2.45) is 10.8 Å². The summed E-state index contributed by atoms with van der Waals surface area (Å²) in [5, 5.41) is 0.910. The summed E-state index contributed by atoms with van der Waals surface area (Å²) in [7, 11) is 0. The van der Waals surface area contributed by atoms with Crippen molar-refractivity contribution in [3.63, 3.8) is 0 Å². The van der Waals surface area contributed by atoms with Gasteiger partial charge in [-0.25, -0.2) is 0 Å². The number of hydrogen-bond donors (Lipinski definition) is 0. The smallest absolute Gasteiger partial charge is 0.243 e. The standard InChI is InChI=1S/C32H42N2O4/c1-6-27(37)26-16-32-12-10-23(36)15-31(4,5)11-8-7-9-22-13-20(2)14-24-25(21(3)35)18-33(30(22)24)19-29(38)34(26)28(32)17-32/h13-14,18,26,28H,6-12,15-17,19H2,1-5H3/t26-,28+,32-/m0/s1. The zero-order chi connectivity index (χ0) is 27.4. The van der Waals surface area contributed by atoms with Crippen LogP contribution in [0.2, 0.25) is 0 Å².